The van der Waals surface area contributed by atoms with Gasteiger partial charge in [-0.25, -0.2) is 0 Å². The van der Waals surface area contributed by atoms with E-state index in [2.05, 4.69) is 31.4 Å². The van der Waals surface area contributed by atoms with Gasteiger partial charge in [0.15, 0.2) is 0 Å². The second kappa shape index (κ2) is 10.4. The molecule has 4 nitrogen and oxygen atoms in total. The van der Waals surface area contributed by atoms with Crippen LogP contribution in [0.15, 0.2) is 0 Å². The standard InChI is InChI=1S/C16H32N2O2.ClH/c1-13(14-6-5-8-17-11-14)10-15(19)18-12-16(2,3)7-9-20-4;/h13-14,17H,5-12H2,1-4H3,(H,18,19);1H. The predicted octanol–water partition coefficient (Wildman–Crippen LogP) is 2.61. The molecule has 0 aliphatic carbocycles. The van der Waals surface area contributed by atoms with Crippen LogP contribution in [-0.4, -0.2) is 39.3 Å². The zero-order chi connectivity index (χ0) is 15.0. The van der Waals surface area contributed by atoms with Gasteiger partial charge in [0.05, 0.1) is 0 Å². The van der Waals surface area contributed by atoms with Crippen molar-refractivity contribution in [2.24, 2.45) is 17.3 Å². The third-order valence-electron chi connectivity index (χ3n) is 4.39. The molecule has 1 aliphatic heterocycles. The molecule has 2 atom stereocenters. The van der Waals surface area contributed by atoms with E-state index in [-0.39, 0.29) is 23.7 Å². The number of carbonyl (C=O) groups excluding carboxylic acids is 1. The molecule has 0 bridgehead atoms. The molecule has 0 saturated carbocycles. The molecule has 0 aromatic rings. The van der Waals surface area contributed by atoms with Crippen LogP contribution in [0.25, 0.3) is 0 Å². The molecule has 1 amide bonds. The lowest BCUT2D eigenvalue weighted by Gasteiger charge is -2.29. The van der Waals surface area contributed by atoms with Gasteiger partial charge in [0.25, 0.3) is 0 Å². The largest absolute Gasteiger partial charge is 0.385 e. The Labute approximate surface area is 136 Å². The monoisotopic (exact) mass is 320 g/mol. The third kappa shape index (κ3) is 8.64. The van der Waals surface area contributed by atoms with Crippen LogP contribution in [0.4, 0.5) is 0 Å². The molecule has 1 heterocycles. The molecule has 0 radical (unpaired) electrons. The summed E-state index contributed by atoms with van der Waals surface area (Å²) in [7, 11) is 1.72. The molecule has 1 saturated heterocycles. The van der Waals surface area contributed by atoms with E-state index in [0.717, 1.165) is 32.7 Å². The first kappa shape index (κ1) is 20.7. The molecule has 21 heavy (non-hydrogen) atoms. The lowest BCUT2D eigenvalue weighted by atomic mass is 9.85. The molecule has 0 aromatic carbocycles. The Kier molecular flexibility index (Phi) is 10.3. The molecule has 1 fully saturated rings. The summed E-state index contributed by atoms with van der Waals surface area (Å²) in [6, 6.07) is 0. The fraction of sp³-hybridized carbons (Fsp3) is 0.938. The molecule has 0 spiro atoms. The van der Waals surface area contributed by atoms with E-state index >= 15 is 0 Å². The van der Waals surface area contributed by atoms with Gasteiger partial charge in [0, 0.05) is 26.7 Å². The van der Waals surface area contributed by atoms with Crippen molar-refractivity contribution in [1.29, 1.82) is 0 Å². The minimum Gasteiger partial charge on any atom is -0.385 e. The van der Waals surface area contributed by atoms with Gasteiger partial charge in [-0.1, -0.05) is 20.8 Å². The summed E-state index contributed by atoms with van der Waals surface area (Å²) in [6.07, 6.45) is 4.10. The minimum atomic E-state index is 0. The summed E-state index contributed by atoms with van der Waals surface area (Å²) >= 11 is 0. The van der Waals surface area contributed by atoms with Crippen LogP contribution in [0.1, 0.15) is 46.5 Å². The average molecular weight is 321 g/mol. The highest BCUT2D eigenvalue weighted by molar-refractivity contribution is 5.85. The first-order valence-corrected chi connectivity index (χ1v) is 7.91. The van der Waals surface area contributed by atoms with E-state index in [1.54, 1.807) is 7.11 Å². The zero-order valence-corrected chi connectivity index (χ0v) is 14.9. The van der Waals surface area contributed by atoms with Gasteiger partial charge in [0.1, 0.15) is 0 Å². The number of carbonyl (C=O) groups is 1. The van der Waals surface area contributed by atoms with E-state index in [9.17, 15) is 4.79 Å². The number of halogens is 1. The quantitative estimate of drug-likeness (QED) is 0.723. The molecule has 2 N–H and O–H groups in total. The fourth-order valence-corrected chi connectivity index (χ4v) is 2.70. The minimum absolute atomic E-state index is 0. The van der Waals surface area contributed by atoms with Crippen molar-refractivity contribution < 1.29 is 9.53 Å². The Bertz CT molecular complexity index is 292. The van der Waals surface area contributed by atoms with Crippen LogP contribution in [0.2, 0.25) is 0 Å². The van der Waals surface area contributed by atoms with Crippen molar-refractivity contribution in [3.63, 3.8) is 0 Å². The summed E-state index contributed by atoms with van der Waals surface area (Å²) in [6.45, 7) is 10.2. The highest BCUT2D eigenvalue weighted by Crippen LogP contribution is 2.23. The predicted molar refractivity (Wildman–Crippen MR) is 89.9 cm³/mol. The zero-order valence-electron chi connectivity index (χ0n) is 14.0. The molecular weight excluding hydrogens is 288 g/mol. The first-order valence-electron chi connectivity index (χ1n) is 7.91. The summed E-state index contributed by atoms with van der Waals surface area (Å²) in [4.78, 5) is 12.1. The average Bonchev–Trinajstić information content (AvgIpc) is 2.44. The molecule has 126 valence electrons. The van der Waals surface area contributed by atoms with Crippen molar-refractivity contribution in [2.45, 2.75) is 46.5 Å². The van der Waals surface area contributed by atoms with E-state index in [1.165, 1.54) is 12.8 Å². The maximum absolute atomic E-state index is 12.1. The van der Waals surface area contributed by atoms with Gasteiger partial charge in [-0.05, 0) is 49.6 Å². The van der Waals surface area contributed by atoms with Crippen molar-refractivity contribution in [3.8, 4) is 0 Å². The van der Waals surface area contributed by atoms with Crippen LogP contribution >= 0.6 is 12.4 Å². The van der Waals surface area contributed by atoms with E-state index in [4.69, 9.17) is 4.74 Å². The fourth-order valence-electron chi connectivity index (χ4n) is 2.70. The molecule has 1 aliphatic rings. The summed E-state index contributed by atoms with van der Waals surface area (Å²) in [5.41, 5.74) is 0.0985. The molecule has 2 unspecified atom stereocenters. The first-order chi connectivity index (χ1) is 9.44. The third-order valence-corrected chi connectivity index (χ3v) is 4.39. The lowest BCUT2D eigenvalue weighted by molar-refractivity contribution is -0.122. The topological polar surface area (TPSA) is 50.4 Å². The summed E-state index contributed by atoms with van der Waals surface area (Å²) in [5, 5.41) is 6.51. The highest BCUT2D eigenvalue weighted by atomic mass is 35.5. The number of hydrogen-bond donors (Lipinski definition) is 2. The van der Waals surface area contributed by atoms with E-state index in [0.29, 0.717) is 18.3 Å². The van der Waals surface area contributed by atoms with Crippen molar-refractivity contribution >= 4 is 18.3 Å². The Morgan fingerprint density at radius 3 is 2.76 bits per heavy atom. The van der Waals surface area contributed by atoms with Gasteiger partial charge in [-0.2, -0.15) is 0 Å². The Morgan fingerprint density at radius 1 is 1.48 bits per heavy atom. The second-order valence-electron chi connectivity index (χ2n) is 6.97. The number of amides is 1. The highest BCUT2D eigenvalue weighted by Gasteiger charge is 2.23. The maximum Gasteiger partial charge on any atom is 0.220 e. The van der Waals surface area contributed by atoms with Gasteiger partial charge in [-0.3, -0.25) is 4.79 Å². The van der Waals surface area contributed by atoms with E-state index in [1.807, 2.05) is 0 Å². The number of ether oxygens (including phenoxy) is 1. The number of rotatable bonds is 8. The van der Waals surface area contributed by atoms with Gasteiger partial charge in [0.2, 0.25) is 5.91 Å². The Hall–Kier alpha value is -0.320. The smallest absolute Gasteiger partial charge is 0.220 e. The van der Waals surface area contributed by atoms with E-state index < -0.39 is 0 Å². The van der Waals surface area contributed by atoms with Gasteiger partial charge >= 0.3 is 0 Å². The number of nitrogens with one attached hydrogen (secondary N) is 2. The maximum atomic E-state index is 12.1. The SMILES string of the molecule is COCCC(C)(C)CNC(=O)CC(C)C1CCCNC1.Cl. The van der Waals surface area contributed by atoms with Crippen LogP contribution in [-0.2, 0) is 9.53 Å². The van der Waals surface area contributed by atoms with Crippen LogP contribution in [0.5, 0.6) is 0 Å². The molecule has 0 aromatic heterocycles. The number of piperidine rings is 1. The van der Waals surface area contributed by atoms with Crippen LogP contribution in [0.3, 0.4) is 0 Å². The van der Waals surface area contributed by atoms with Crippen molar-refractivity contribution in [1.82, 2.24) is 10.6 Å². The number of methoxy groups -OCH3 is 1. The lowest BCUT2D eigenvalue weighted by Crippen LogP contribution is -2.38. The van der Waals surface area contributed by atoms with Crippen molar-refractivity contribution in [2.75, 3.05) is 33.4 Å². The molecule has 5 heteroatoms. The van der Waals surface area contributed by atoms with Crippen LogP contribution in [0, 0.1) is 17.3 Å². The Balaban J connectivity index is 0.00000400. The molecular formula is C16H33ClN2O2. The summed E-state index contributed by atoms with van der Waals surface area (Å²) < 4.78 is 5.11. The summed E-state index contributed by atoms with van der Waals surface area (Å²) in [5.74, 6) is 1.30. The molecule has 1 rings (SSSR count). The second-order valence-corrected chi connectivity index (χ2v) is 6.97. The number of hydrogen-bond acceptors (Lipinski definition) is 3. The Morgan fingerprint density at radius 2 is 2.19 bits per heavy atom. The van der Waals surface area contributed by atoms with Crippen LogP contribution < -0.4 is 10.6 Å². The van der Waals surface area contributed by atoms with Crippen molar-refractivity contribution in [3.05, 3.63) is 0 Å². The van der Waals surface area contributed by atoms with Gasteiger partial charge in [-0.15, -0.1) is 12.4 Å². The van der Waals surface area contributed by atoms with Gasteiger partial charge < -0.3 is 15.4 Å². The normalized spacial score (nSPS) is 20.5.